The summed E-state index contributed by atoms with van der Waals surface area (Å²) in [5, 5.41) is 13.5. The van der Waals surface area contributed by atoms with Crippen molar-refractivity contribution in [2.24, 2.45) is 0 Å². The number of nitrogens with one attached hydrogen (secondary N) is 1. The number of hydrogen-bond acceptors (Lipinski definition) is 3. The molecule has 0 radical (unpaired) electrons. The zero-order valence-corrected chi connectivity index (χ0v) is 13.3. The topological polar surface area (TPSA) is 32.3 Å². The molecule has 2 rings (SSSR count). The predicted molar refractivity (Wildman–Crippen MR) is 91.5 cm³/mol. The van der Waals surface area contributed by atoms with Crippen LogP contribution in [-0.4, -0.2) is 17.3 Å². The van der Waals surface area contributed by atoms with Crippen molar-refractivity contribution in [2.75, 3.05) is 6.54 Å². The van der Waals surface area contributed by atoms with Crippen molar-refractivity contribution < 1.29 is 5.11 Å². The van der Waals surface area contributed by atoms with Crippen LogP contribution in [0.15, 0.2) is 55.1 Å². The molecule has 1 aromatic heterocycles. The first-order valence-corrected chi connectivity index (χ1v) is 8.10. The van der Waals surface area contributed by atoms with Gasteiger partial charge in [-0.2, -0.15) is 0 Å². The molecule has 0 saturated heterocycles. The molecule has 112 valence electrons. The van der Waals surface area contributed by atoms with Crippen LogP contribution >= 0.6 is 11.3 Å². The highest BCUT2D eigenvalue weighted by molar-refractivity contribution is 7.15. The van der Waals surface area contributed by atoms with Crippen LogP contribution in [0.3, 0.4) is 0 Å². The Morgan fingerprint density at radius 1 is 1.24 bits per heavy atom. The van der Waals surface area contributed by atoms with E-state index in [1.54, 1.807) is 6.08 Å². The molecule has 0 aliphatic heterocycles. The van der Waals surface area contributed by atoms with E-state index in [1.807, 2.05) is 24.3 Å². The second-order valence-electron chi connectivity index (χ2n) is 5.55. The predicted octanol–water partition coefficient (Wildman–Crippen LogP) is 4.22. The van der Waals surface area contributed by atoms with E-state index >= 15 is 0 Å². The highest BCUT2D eigenvalue weighted by Gasteiger charge is 2.17. The lowest BCUT2D eigenvalue weighted by molar-refractivity contribution is 0.0543. The number of rotatable bonds is 8. The van der Waals surface area contributed by atoms with Crippen LogP contribution in [0.5, 0.6) is 0 Å². The van der Waals surface area contributed by atoms with E-state index in [-0.39, 0.29) is 0 Å². The molecular formula is C18H23NOS. The fourth-order valence-corrected chi connectivity index (χ4v) is 3.20. The van der Waals surface area contributed by atoms with Gasteiger partial charge in [0.25, 0.3) is 0 Å². The Morgan fingerprint density at radius 2 is 2.00 bits per heavy atom. The molecule has 1 aromatic carbocycles. The van der Waals surface area contributed by atoms with Gasteiger partial charge < -0.3 is 10.4 Å². The summed E-state index contributed by atoms with van der Waals surface area (Å²) in [6, 6.07) is 14.8. The molecule has 1 heterocycles. The molecule has 2 aromatic rings. The first-order valence-electron chi connectivity index (χ1n) is 7.29. The van der Waals surface area contributed by atoms with Crippen molar-refractivity contribution in [1.82, 2.24) is 5.32 Å². The molecular weight excluding hydrogens is 278 g/mol. The Morgan fingerprint density at radius 3 is 2.71 bits per heavy atom. The summed E-state index contributed by atoms with van der Waals surface area (Å²) in [7, 11) is 0. The van der Waals surface area contributed by atoms with E-state index in [9.17, 15) is 5.11 Å². The van der Waals surface area contributed by atoms with Crippen molar-refractivity contribution in [3.63, 3.8) is 0 Å². The molecule has 1 unspecified atom stereocenters. The Hall–Kier alpha value is -1.42. The molecule has 1 atom stereocenters. The Labute approximate surface area is 131 Å². The maximum Gasteiger partial charge on any atom is 0.0666 e. The molecule has 0 spiro atoms. The van der Waals surface area contributed by atoms with Crippen molar-refractivity contribution >= 4 is 11.3 Å². The van der Waals surface area contributed by atoms with E-state index < -0.39 is 5.60 Å². The second kappa shape index (κ2) is 7.55. The normalized spacial score (nSPS) is 13.8. The van der Waals surface area contributed by atoms with Crippen LogP contribution < -0.4 is 5.32 Å². The average Bonchev–Trinajstić information content (AvgIpc) is 2.93. The Kier molecular flexibility index (Phi) is 5.74. The lowest BCUT2D eigenvalue weighted by Crippen LogP contribution is -2.29. The first kappa shape index (κ1) is 16.0. The van der Waals surface area contributed by atoms with Crippen LogP contribution in [-0.2, 0) is 6.54 Å². The third-order valence-electron chi connectivity index (χ3n) is 3.44. The average molecular weight is 301 g/mol. The zero-order valence-electron chi connectivity index (χ0n) is 12.5. The fourth-order valence-electron chi connectivity index (χ4n) is 2.21. The van der Waals surface area contributed by atoms with E-state index in [2.05, 4.69) is 48.3 Å². The van der Waals surface area contributed by atoms with Crippen LogP contribution in [0.1, 0.15) is 24.6 Å². The minimum atomic E-state index is -0.653. The van der Waals surface area contributed by atoms with E-state index in [0.29, 0.717) is 6.42 Å². The van der Waals surface area contributed by atoms with Crippen molar-refractivity contribution in [3.8, 4) is 10.4 Å². The molecule has 0 aliphatic rings. The molecule has 0 fully saturated rings. The minimum Gasteiger partial charge on any atom is -0.390 e. The SMILES string of the molecule is C=CCC(C)(O)CCNCc1ccc(-c2ccccc2)s1. The third kappa shape index (κ3) is 5.12. The van der Waals surface area contributed by atoms with Crippen LogP contribution in [0.25, 0.3) is 10.4 Å². The first-order chi connectivity index (χ1) is 10.1. The molecule has 0 aliphatic carbocycles. The molecule has 0 bridgehead atoms. The van der Waals surface area contributed by atoms with Gasteiger partial charge in [-0.15, -0.1) is 17.9 Å². The summed E-state index contributed by atoms with van der Waals surface area (Å²) in [6.45, 7) is 7.18. The monoisotopic (exact) mass is 301 g/mol. The van der Waals surface area contributed by atoms with Crippen molar-refractivity contribution in [1.29, 1.82) is 0 Å². The summed E-state index contributed by atoms with van der Waals surface area (Å²) >= 11 is 1.81. The van der Waals surface area contributed by atoms with Gasteiger partial charge in [0, 0.05) is 16.3 Å². The summed E-state index contributed by atoms with van der Waals surface area (Å²) in [5.41, 5.74) is 0.613. The zero-order chi connectivity index (χ0) is 15.1. The minimum absolute atomic E-state index is 0.631. The number of thiophene rings is 1. The summed E-state index contributed by atoms with van der Waals surface area (Å²) in [5.74, 6) is 0. The lowest BCUT2D eigenvalue weighted by atomic mass is 9.98. The smallest absolute Gasteiger partial charge is 0.0666 e. The van der Waals surface area contributed by atoms with Gasteiger partial charge in [0.15, 0.2) is 0 Å². The highest BCUT2D eigenvalue weighted by Crippen LogP contribution is 2.27. The van der Waals surface area contributed by atoms with Gasteiger partial charge in [-0.3, -0.25) is 0 Å². The lowest BCUT2D eigenvalue weighted by Gasteiger charge is -2.21. The van der Waals surface area contributed by atoms with E-state index in [1.165, 1.54) is 15.3 Å². The van der Waals surface area contributed by atoms with Crippen LogP contribution in [0.2, 0.25) is 0 Å². The van der Waals surface area contributed by atoms with E-state index in [0.717, 1.165) is 19.5 Å². The highest BCUT2D eigenvalue weighted by atomic mass is 32.1. The fraction of sp³-hybridized carbons (Fsp3) is 0.333. The van der Waals surface area contributed by atoms with Gasteiger partial charge >= 0.3 is 0 Å². The van der Waals surface area contributed by atoms with Gasteiger partial charge in [0.2, 0.25) is 0 Å². The van der Waals surface area contributed by atoms with Crippen molar-refractivity contribution in [3.05, 3.63) is 60.0 Å². The largest absolute Gasteiger partial charge is 0.390 e. The van der Waals surface area contributed by atoms with Gasteiger partial charge in [0.1, 0.15) is 0 Å². The molecule has 2 nitrogen and oxygen atoms in total. The molecule has 0 amide bonds. The van der Waals surface area contributed by atoms with Crippen molar-refractivity contribution in [2.45, 2.75) is 31.9 Å². The molecule has 21 heavy (non-hydrogen) atoms. The van der Waals surface area contributed by atoms with Gasteiger partial charge in [-0.05, 0) is 44.0 Å². The quantitative estimate of drug-likeness (QED) is 0.565. The maximum atomic E-state index is 10.1. The summed E-state index contributed by atoms with van der Waals surface area (Å²) in [6.07, 6.45) is 3.13. The molecule has 3 heteroatoms. The summed E-state index contributed by atoms with van der Waals surface area (Å²) in [4.78, 5) is 2.61. The third-order valence-corrected chi connectivity index (χ3v) is 4.58. The van der Waals surface area contributed by atoms with Crippen LogP contribution in [0.4, 0.5) is 0 Å². The number of benzene rings is 1. The Balaban J connectivity index is 1.80. The van der Waals surface area contributed by atoms with Gasteiger partial charge in [-0.25, -0.2) is 0 Å². The number of hydrogen-bond donors (Lipinski definition) is 2. The van der Waals surface area contributed by atoms with Crippen LogP contribution in [0, 0.1) is 0 Å². The van der Waals surface area contributed by atoms with Gasteiger partial charge in [-0.1, -0.05) is 36.4 Å². The number of aliphatic hydroxyl groups is 1. The standard InChI is InChI=1S/C18H23NOS/c1-3-11-18(2,20)12-13-19-14-16-9-10-17(21-16)15-7-5-4-6-8-15/h3-10,19-20H,1,11-14H2,2H3. The molecule has 2 N–H and O–H groups in total. The second-order valence-corrected chi connectivity index (χ2v) is 6.72. The maximum absolute atomic E-state index is 10.1. The van der Waals surface area contributed by atoms with Gasteiger partial charge in [0.05, 0.1) is 5.60 Å². The molecule has 0 saturated carbocycles. The van der Waals surface area contributed by atoms with E-state index in [4.69, 9.17) is 0 Å². The summed E-state index contributed by atoms with van der Waals surface area (Å²) < 4.78 is 0. The Bertz CT molecular complexity index is 560.